The zero-order valence-electron chi connectivity index (χ0n) is 15.7. The number of carboxylic acid groups (broad SMARTS) is 1. The van der Waals surface area contributed by atoms with E-state index in [1.807, 2.05) is 51.1 Å². The number of likely N-dealkylation sites (tertiary alicyclic amines) is 1. The van der Waals surface area contributed by atoms with Gasteiger partial charge in [0.2, 0.25) is 11.8 Å². The molecule has 0 bridgehead atoms. The molecule has 26 heavy (non-hydrogen) atoms. The number of nitrogens with zero attached hydrogens (tertiary/aromatic N) is 1. The molecule has 1 heterocycles. The molecule has 0 aromatic heterocycles. The molecule has 0 saturated carbocycles. The summed E-state index contributed by atoms with van der Waals surface area (Å²) in [6, 6.07) is 9.23. The van der Waals surface area contributed by atoms with Gasteiger partial charge in [0.05, 0.1) is 5.41 Å². The molecule has 1 aromatic rings. The zero-order chi connectivity index (χ0) is 19.4. The van der Waals surface area contributed by atoms with E-state index in [0.29, 0.717) is 32.5 Å². The Kier molecular flexibility index (Phi) is 6.05. The molecule has 142 valence electrons. The summed E-state index contributed by atoms with van der Waals surface area (Å²) in [5, 5.41) is 12.6. The third kappa shape index (κ3) is 4.42. The van der Waals surface area contributed by atoms with E-state index in [0.717, 1.165) is 5.56 Å². The molecule has 0 atom stereocenters. The van der Waals surface area contributed by atoms with Gasteiger partial charge in [0.1, 0.15) is 0 Å². The first kappa shape index (κ1) is 19.9. The largest absolute Gasteiger partial charge is 0.481 e. The first-order valence-electron chi connectivity index (χ1n) is 9.02. The Morgan fingerprint density at radius 2 is 1.69 bits per heavy atom. The second-order valence-corrected chi connectivity index (χ2v) is 7.89. The first-order valence-corrected chi connectivity index (χ1v) is 9.02. The highest BCUT2D eigenvalue weighted by Crippen LogP contribution is 2.36. The molecule has 1 aliphatic heterocycles. The van der Waals surface area contributed by atoms with Gasteiger partial charge in [-0.25, -0.2) is 0 Å². The molecular formula is C20H28N2O4. The molecule has 6 heteroatoms. The number of amides is 2. The van der Waals surface area contributed by atoms with Gasteiger partial charge in [-0.15, -0.1) is 0 Å². The first-order chi connectivity index (χ1) is 12.2. The van der Waals surface area contributed by atoms with Crippen molar-refractivity contribution in [2.75, 3.05) is 19.6 Å². The predicted octanol–water partition coefficient (Wildman–Crippen LogP) is 2.18. The Labute approximate surface area is 154 Å². The van der Waals surface area contributed by atoms with Crippen LogP contribution in [-0.2, 0) is 19.8 Å². The monoisotopic (exact) mass is 360 g/mol. The van der Waals surface area contributed by atoms with Gasteiger partial charge < -0.3 is 15.3 Å². The van der Waals surface area contributed by atoms with Crippen LogP contribution in [0.4, 0.5) is 0 Å². The van der Waals surface area contributed by atoms with Crippen LogP contribution in [0, 0.1) is 5.41 Å². The van der Waals surface area contributed by atoms with Crippen molar-refractivity contribution in [1.82, 2.24) is 10.2 Å². The molecule has 1 aromatic carbocycles. The number of hydrogen-bond acceptors (Lipinski definition) is 3. The summed E-state index contributed by atoms with van der Waals surface area (Å²) in [6.07, 6.45) is 1.02. The van der Waals surface area contributed by atoms with Crippen molar-refractivity contribution in [3.8, 4) is 0 Å². The standard InChI is InChI=1S/C20H28N2O4/c1-19(2,3)17(24)21-12-9-16(23)22-13-10-20(11-14-22,18(25)26)15-7-5-4-6-8-15/h4-8H,9-14H2,1-3H3,(H,21,24)(H,25,26). The normalized spacial score (nSPS) is 16.8. The van der Waals surface area contributed by atoms with Crippen LogP contribution in [0.5, 0.6) is 0 Å². The molecule has 1 saturated heterocycles. The third-order valence-electron chi connectivity index (χ3n) is 5.01. The van der Waals surface area contributed by atoms with Crippen LogP contribution in [0.15, 0.2) is 30.3 Å². The van der Waals surface area contributed by atoms with E-state index in [-0.39, 0.29) is 18.2 Å². The van der Waals surface area contributed by atoms with Crippen LogP contribution in [0.2, 0.25) is 0 Å². The molecule has 1 fully saturated rings. The topological polar surface area (TPSA) is 86.7 Å². The Morgan fingerprint density at radius 1 is 1.12 bits per heavy atom. The summed E-state index contributed by atoms with van der Waals surface area (Å²) < 4.78 is 0. The lowest BCUT2D eigenvalue weighted by Gasteiger charge is -2.39. The van der Waals surface area contributed by atoms with Crippen molar-refractivity contribution in [3.05, 3.63) is 35.9 Å². The van der Waals surface area contributed by atoms with E-state index in [1.54, 1.807) is 4.90 Å². The predicted molar refractivity (Wildman–Crippen MR) is 98.7 cm³/mol. The van der Waals surface area contributed by atoms with Gasteiger partial charge in [0.25, 0.3) is 0 Å². The van der Waals surface area contributed by atoms with Crippen molar-refractivity contribution < 1.29 is 19.5 Å². The van der Waals surface area contributed by atoms with E-state index in [2.05, 4.69) is 5.32 Å². The molecule has 0 radical (unpaired) electrons. The fourth-order valence-electron chi connectivity index (χ4n) is 3.23. The number of carbonyl (C=O) groups excluding carboxylic acids is 2. The number of benzene rings is 1. The summed E-state index contributed by atoms with van der Waals surface area (Å²) in [6.45, 7) is 6.59. The number of aliphatic carboxylic acids is 1. The van der Waals surface area contributed by atoms with Crippen LogP contribution < -0.4 is 5.32 Å². The number of nitrogens with one attached hydrogen (secondary N) is 1. The minimum absolute atomic E-state index is 0.0498. The van der Waals surface area contributed by atoms with Gasteiger partial charge in [-0.3, -0.25) is 14.4 Å². The fraction of sp³-hybridized carbons (Fsp3) is 0.550. The maximum Gasteiger partial charge on any atom is 0.314 e. The van der Waals surface area contributed by atoms with Gasteiger partial charge in [-0.1, -0.05) is 51.1 Å². The third-order valence-corrected chi connectivity index (χ3v) is 5.01. The average molecular weight is 360 g/mol. The van der Waals surface area contributed by atoms with Gasteiger partial charge in [-0.05, 0) is 18.4 Å². The van der Waals surface area contributed by atoms with E-state index in [4.69, 9.17) is 0 Å². The lowest BCUT2D eigenvalue weighted by atomic mass is 9.73. The highest BCUT2D eigenvalue weighted by molar-refractivity contribution is 5.84. The Bertz CT molecular complexity index is 656. The number of piperidine rings is 1. The molecule has 2 N–H and O–H groups in total. The summed E-state index contributed by atoms with van der Waals surface area (Å²) in [7, 11) is 0. The lowest BCUT2D eigenvalue weighted by Crippen LogP contribution is -2.49. The highest BCUT2D eigenvalue weighted by atomic mass is 16.4. The van der Waals surface area contributed by atoms with Crippen molar-refractivity contribution in [2.45, 2.75) is 45.4 Å². The second kappa shape index (κ2) is 7.89. The van der Waals surface area contributed by atoms with Crippen LogP contribution in [-0.4, -0.2) is 47.4 Å². The number of carboxylic acids is 1. The molecule has 2 amide bonds. The molecule has 0 unspecified atom stereocenters. The zero-order valence-corrected chi connectivity index (χ0v) is 15.7. The van der Waals surface area contributed by atoms with Gasteiger partial charge in [0, 0.05) is 31.5 Å². The van der Waals surface area contributed by atoms with E-state index < -0.39 is 16.8 Å². The van der Waals surface area contributed by atoms with Crippen molar-refractivity contribution in [1.29, 1.82) is 0 Å². The van der Waals surface area contributed by atoms with E-state index >= 15 is 0 Å². The van der Waals surface area contributed by atoms with Crippen LogP contribution in [0.3, 0.4) is 0 Å². The Morgan fingerprint density at radius 3 is 2.19 bits per heavy atom. The van der Waals surface area contributed by atoms with E-state index in [9.17, 15) is 19.5 Å². The Balaban J connectivity index is 1.91. The van der Waals surface area contributed by atoms with Crippen molar-refractivity contribution in [2.24, 2.45) is 5.41 Å². The summed E-state index contributed by atoms with van der Waals surface area (Å²) in [5.41, 5.74) is -0.624. The molecule has 0 aliphatic carbocycles. The lowest BCUT2D eigenvalue weighted by molar-refractivity contribution is -0.148. The Hall–Kier alpha value is -2.37. The van der Waals surface area contributed by atoms with Gasteiger partial charge >= 0.3 is 5.97 Å². The maximum atomic E-state index is 12.4. The smallest absolute Gasteiger partial charge is 0.314 e. The average Bonchev–Trinajstić information content (AvgIpc) is 2.61. The fourth-order valence-corrected chi connectivity index (χ4v) is 3.23. The number of hydrogen-bond donors (Lipinski definition) is 2. The quantitative estimate of drug-likeness (QED) is 0.843. The van der Waals surface area contributed by atoms with Gasteiger partial charge in [-0.2, -0.15) is 0 Å². The summed E-state index contributed by atoms with van der Waals surface area (Å²) in [5.74, 6) is -0.975. The van der Waals surface area contributed by atoms with Crippen molar-refractivity contribution in [3.63, 3.8) is 0 Å². The van der Waals surface area contributed by atoms with Crippen LogP contribution in [0.1, 0.15) is 45.6 Å². The molecule has 2 rings (SSSR count). The molecular weight excluding hydrogens is 332 g/mol. The van der Waals surface area contributed by atoms with Crippen LogP contribution in [0.25, 0.3) is 0 Å². The second-order valence-electron chi connectivity index (χ2n) is 7.89. The van der Waals surface area contributed by atoms with Crippen LogP contribution >= 0.6 is 0 Å². The number of rotatable bonds is 5. The van der Waals surface area contributed by atoms with Crippen molar-refractivity contribution >= 4 is 17.8 Å². The molecule has 1 aliphatic rings. The molecule has 0 spiro atoms. The minimum atomic E-state index is -0.932. The van der Waals surface area contributed by atoms with E-state index in [1.165, 1.54) is 0 Å². The summed E-state index contributed by atoms with van der Waals surface area (Å²) in [4.78, 5) is 37.9. The molecule has 6 nitrogen and oxygen atoms in total. The summed E-state index contributed by atoms with van der Waals surface area (Å²) >= 11 is 0. The highest BCUT2D eigenvalue weighted by Gasteiger charge is 2.43. The van der Waals surface area contributed by atoms with Gasteiger partial charge in [0.15, 0.2) is 0 Å². The number of carbonyl (C=O) groups is 3. The minimum Gasteiger partial charge on any atom is -0.481 e. The maximum absolute atomic E-state index is 12.4. The SMILES string of the molecule is CC(C)(C)C(=O)NCCC(=O)N1CCC(C(=O)O)(c2ccccc2)CC1.